The molecule has 4 rings (SSSR count). The largest absolute Gasteiger partial charge is 0.497 e. The van der Waals surface area contributed by atoms with Crippen molar-refractivity contribution in [1.82, 2.24) is 10.5 Å². The van der Waals surface area contributed by atoms with Gasteiger partial charge in [-0.25, -0.2) is 0 Å². The summed E-state index contributed by atoms with van der Waals surface area (Å²) in [6.45, 7) is 3.82. The van der Waals surface area contributed by atoms with E-state index in [0.717, 1.165) is 43.1 Å². The highest BCUT2D eigenvalue weighted by atomic mass is 16.5. The van der Waals surface area contributed by atoms with Gasteiger partial charge in [-0.05, 0) is 30.9 Å². The zero-order valence-corrected chi connectivity index (χ0v) is 14.6. The Morgan fingerprint density at radius 1 is 1.32 bits per heavy atom. The van der Waals surface area contributed by atoms with Crippen molar-refractivity contribution in [3.05, 3.63) is 41.8 Å². The van der Waals surface area contributed by atoms with Crippen LogP contribution in [0.3, 0.4) is 0 Å². The lowest BCUT2D eigenvalue weighted by Gasteiger charge is -2.19. The summed E-state index contributed by atoms with van der Waals surface area (Å²) in [5.74, 6) is 2.34. The maximum atomic E-state index is 12.5. The number of amides is 1. The molecule has 0 radical (unpaired) electrons. The summed E-state index contributed by atoms with van der Waals surface area (Å²) < 4.78 is 10.6. The van der Waals surface area contributed by atoms with Crippen molar-refractivity contribution in [1.29, 1.82) is 0 Å². The average molecular weight is 341 g/mol. The third-order valence-corrected chi connectivity index (χ3v) is 5.09. The van der Waals surface area contributed by atoms with Crippen LogP contribution in [0.5, 0.6) is 5.75 Å². The molecule has 25 heavy (non-hydrogen) atoms. The number of rotatable bonds is 5. The summed E-state index contributed by atoms with van der Waals surface area (Å²) >= 11 is 0. The molecule has 0 unspecified atom stereocenters. The average Bonchev–Trinajstić information content (AvgIpc) is 3.24. The molecule has 1 amide bonds. The van der Waals surface area contributed by atoms with Crippen LogP contribution in [0.25, 0.3) is 0 Å². The fourth-order valence-corrected chi connectivity index (χ4v) is 3.37. The van der Waals surface area contributed by atoms with Gasteiger partial charge in [0.05, 0.1) is 13.2 Å². The van der Waals surface area contributed by atoms with E-state index >= 15 is 0 Å². The van der Waals surface area contributed by atoms with Gasteiger partial charge in [0.1, 0.15) is 11.5 Å². The monoisotopic (exact) mass is 341 g/mol. The van der Waals surface area contributed by atoms with Crippen LogP contribution in [0.15, 0.2) is 34.9 Å². The lowest BCUT2D eigenvalue weighted by atomic mass is 10.1. The minimum absolute atomic E-state index is 0.0831. The van der Waals surface area contributed by atoms with Gasteiger partial charge in [-0.15, -0.1) is 0 Å². The SMILES string of the molecule is COc1cccc(N2C[C@H](C)[C@H](NC(=O)c3cc(C4CC4)on3)C2)c1. The highest BCUT2D eigenvalue weighted by molar-refractivity contribution is 5.92. The number of ether oxygens (including phenoxy) is 1. The smallest absolute Gasteiger partial charge is 0.273 e. The number of carbonyl (C=O) groups excluding carboxylic acids is 1. The van der Waals surface area contributed by atoms with Gasteiger partial charge in [0.25, 0.3) is 5.91 Å². The number of anilines is 1. The maximum Gasteiger partial charge on any atom is 0.273 e. The molecule has 1 aliphatic carbocycles. The van der Waals surface area contributed by atoms with Crippen LogP contribution in [0.2, 0.25) is 0 Å². The van der Waals surface area contributed by atoms with Crippen LogP contribution in [-0.2, 0) is 0 Å². The van der Waals surface area contributed by atoms with Gasteiger partial charge in [0, 0.05) is 36.8 Å². The van der Waals surface area contributed by atoms with E-state index in [9.17, 15) is 4.79 Å². The zero-order chi connectivity index (χ0) is 17.4. The number of nitrogens with zero attached hydrogens (tertiary/aromatic N) is 2. The summed E-state index contributed by atoms with van der Waals surface area (Å²) in [5, 5.41) is 7.04. The van der Waals surface area contributed by atoms with Gasteiger partial charge in [0.15, 0.2) is 5.69 Å². The first-order valence-corrected chi connectivity index (χ1v) is 8.80. The van der Waals surface area contributed by atoms with Crippen molar-refractivity contribution in [2.75, 3.05) is 25.1 Å². The molecule has 0 bridgehead atoms. The van der Waals surface area contributed by atoms with Gasteiger partial charge in [-0.2, -0.15) is 0 Å². The molecule has 2 aromatic rings. The molecule has 1 saturated carbocycles. The van der Waals surface area contributed by atoms with Gasteiger partial charge in [-0.3, -0.25) is 4.79 Å². The number of hydrogen-bond acceptors (Lipinski definition) is 5. The Hall–Kier alpha value is -2.50. The van der Waals surface area contributed by atoms with Crippen LogP contribution in [0.4, 0.5) is 5.69 Å². The molecule has 1 aromatic carbocycles. The first-order valence-electron chi connectivity index (χ1n) is 8.80. The summed E-state index contributed by atoms with van der Waals surface area (Å²) in [6.07, 6.45) is 2.26. The highest BCUT2D eigenvalue weighted by Gasteiger charge is 2.33. The van der Waals surface area contributed by atoms with Gasteiger partial charge >= 0.3 is 0 Å². The Balaban J connectivity index is 1.41. The molecule has 1 aromatic heterocycles. The van der Waals surface area contributed by atoms with Crippen LogP contribution in [0.1, 0.15) is 41.9 Å². The Bertz CT molecular complexity index is 769. The standard InChI is InChI=1S/C19H23N3O3/c1-12-10-22(14-4-3-5-15(8-14)24-2)11-17(12)20-19(23)16-9-18(25-21-16)13-6-7-13/h3-5,8-9,12-13,17H,6-7,10-11H2,1-2H3,(H,20,23)/t12-,17+/m0/s1. The molecule has 6 heteroatoms. The van der Waals surface area contributed by atoms with E-state index in [-0.39, 0.29) is 11.9 Å². The second-order valence-corrected chi connectivity index (χ2v) is 7.05. The molecule has 1 N–H and O–H groups in total. The molecule has 2 atom stereocenters. The van der Waals surface area contributed by atoms with Crippen molar-refractivity contribution in [2.45, 2.75) is 31.7 Å². The molecule has 6 nitrogen and oxygen atoms in total. The minimum atomic E-state index is -0.153. The number of carbonyl (C=O) groups is 1. The number of hydrogen-bond donors (Lipinski definition) is 1. The van der Waals surface area contributed by atoms with Crippen LogP contribution in [0, 0.1) is 5.92 Å². The molecule has 0 spiro atoms. The van der Waals surface area contributed by atoms with Gasteiger partial charge in [-0.1, -0.05) is 18.1 Å². The quantitative estimate of drug-likeness (QED) is 0.906. The lowest BCUT2D eigenvalue weighted by molar-refractivity contribution is 0.0924. The van der Waals surface area contributed by atoms with E-state index in [4.69, 9.17) is 9.26 Å². The van der Waals surface area contributed by atoms with Gasteiger partial charge < -0.3 is 19.5 Å². The Morgan fingerprint density at radius 2 is 2.16 bits per heavy atom. The van der Waals surface area contributed by atoms with E-state index in [1.807, 2.05) is 18.2 Å². The van der Waals surface area contributed by atoms with Gasteiger partial charge in [0.2, 0.25) is 0 Å². The fraction of sp³-hybridized carbons (Fsp3) is 0.474. The topological polar surface area (TPSA) is 67.6 Å². The molecular weight excluding hydrogens is 318 g/mol. The predicted molar refractivity (Wildman–Crippen MR) is 94.1 cm³/mol. The van der Waals surface area contributed by atoms with Crippen LogP contribution < -0.4 is 15.0 Å². The van der Waals surface area contributed by atoms with E-state index in [1.165, 1.54) is 0 Å². The Morgan fingerprint density at radius 3 is 2.92 bits per heavy atom. The number of nitrogens with one attached hydrogen (secondary N) is 1. The van der Waals surface area contributed by atoms with Crippen molar-refractivity contribution in [3.63, 3.8) is 0 Å². The lowest BCUT2D eigenvalue weighted by Crippen LogP contribution is -2.40. The fourth-order valence-electron chi connectivity index (χ4n) is 3.37. The highest BCUT2D eigenvalue weighted by Crippen LogP contribution is 2.40. The molecule has 1 aliphatic heterocycles. The molecule has 132 valence electrons. The summed E-state index contributed by atoms with van der Waals surface area (Å²) in [6, 6.07) is 9.88. The van der Waals surface area contributed by atoms with E-state index in [2.05, 4.69) is 28.4 Å². The number of aromatic nitrogens is 1. The molecular formula is C19H23N3O3. The van der Waals surface area contributed by atoms with Crippen molar-refractivity contribution < 1.29 is 14.1 Å². The molecule has 2 heterocycles. The second kappa shape index (κ2) is 6.43. The third-order valence-electron chi connectivity index (χ3n) is 5.09. The minimum Gasteiger partial charge on any atom is -0.497 e. The molecule has 2 fully saturated rings. The Labute approximate surface area is 147 Å². The van der Waals surface area contributed by atoms with Crippen molar-refractivity contribution >= 4 is 11.6 Å². The zero-order valence-electron chi connectivity index (χ0n) is 14.6. The van der Waals surface area contributed by atoms with Crippen molar-refractivity contribution in [2.24, 2.45) is 5.92 Å². The maximum absolute atomic E-state index is 12.5. The summed E-state index contributed by atoms with van der Waals surface area (Å²) in [5.41, 5.74) is 1.49. The second-order valence-electron chi connectivity index (χ2n) is 7.05. The third kappa shape index (κ3) is 3.34. The first-order chi connectivity index (χ1) is 12.1. The van der Waals surface area contributed by atoms with E-state index < -0.39 is 0 Å². The molecule has 2 aliphatic rings. The number of benzene rings is 1. The summed E-state index contributed by atoms with van der Waals surface area (Å²) in [7, 11) is 1.67. The van der Waals surface area contributed by atoms with Crippen LogP contribution >= 0.6 is 0 Å². The van der Waals surface area contributed by atoms with E-state index in [0.29, 0.717) is 17.5 Å². The predicted octanol–water partition coefficient (Wildman–Crippen LogP) is 2.82. The normalized spacial score (nSPS) is 22.9. The first kappa shape index (κ1) is 16.0. The number of methoxy groups -OCH3 is 1. The van der Waals surface area contributed by atoms with Crippen LogP contribution in [-0.4, -0.2) is 37.3 Å². The summed E-state index contributed by atoms with van der Waals surface area (Å²) in [4.78, 5) is 14.7. The Kier molecular flexibility index (Phi) is 4.11. The van der Waals surface area contributed by atoms with Crippen molar-refractivity contribution in [3.8, 4) is 5.75 Å². The molecule has 1 saturated heterocycles. The van der Waals surface area contributed by atoms with E-state index in [1.54, 1.807) is 13.2 Å².